The molecule has 3 aliphatic heterocycles. The Morgan fingerprint density at radius 3 is 3.03 bits per heavy atom. The lowest BCUT2D eigenvalue weighted by molar-refractivity contribution is -0.173. The zero-order chi connectivity index (χ0) is 22.7. The number of esters is 1. The lowest BCUT2D eigenvalue weighted by atomic mass is 9.53. The highest BCUT2D eigenvalue weighted by Crippen LogP contribution is 2.60. The smallest absolute Gasteiger partial charge is 0.338 e. The molecule has 2 saturated heterocycles. The van der Waals surface area contributed by atoms with Gasteiger partial charge in [-0.1, -0.05) is 17.7 Å². The first kappa shape index (κ1) is 21.2. The summed E-state index contributed by atoms with van der Waals surface area (Å²) in [6.45, 7) is 2.05. The molecule has 1 saturated carbocycles. The summed E-state index contributed by atoms with van der Waals surface area (Å²) in [6, 6.07) is 4.19. The van der Waals surface area contributed by atoms with Crippen LogP contribution in [0.5, 0.6) is 0 Å². The zero-order valence-corrected chi connectivity index (χ0v) is 19.5. The summed E-state index contributed by atoms with van der Waals surface area (Å²) in [5.41, 5.74) is 1.89. The van der Waals surface area contributed by atoms with Gasteiger partial charge in [0.25, 0.3) is 0 Å². The van der Waals surface area contributed by atoms with Crippen LogP contribution >= 0.6 is 22.9 Å². The Morgan fingerprint density at radius 1 is 1.45 bits per heavy atom. The Bertz CT molecular complexity index is 1190. The van der Waals surface area contributed by atoms with E-state index in [2.05, 4.69) is 15.2 Å². The van der Waals surface area contributed by atoms with Crippen LogP contribution < -0.4 is 5.32 Å². The fourth-order valence-electron chi connectivity index (χ4n) is 5.75. The number of thiazole rings is 1. The van der Waals surface area contributed by atoms with E-state index in [0.29, 0.717) is 52.9 Å². The van der Waals surface area contributed by atoms with Crippen molar-refractivity contribution >= 4 is 34.7 Å². The van der Waals surface area contributed by atoms with E-state index in [1.165, 1.54) is 37.0 Å². The predicted molar refractivity (Wildman–Crippen MR) is 122 cm³/mol. The molecule has 1 aromatic carbocycles. The summed E-state index contributed by atoms with van der Waals surface area (Å²) in [6.07, 6.45) is 4.02. The van der Waals surface area contributed by atoms with Crippen molar-refractivity contribution in [2.24, 2.45) is 10.4 Å². The summed E-state index contributed by atoms with van der Waals surface area (Å²) in [7, 11) is 1.35. The number of hydrogen-bond donors (Lipinski definition) is 1. The van der Waals surface area contributed by atoms with Crippen molar-refractivity contribution < 1.29 is 18.7 Å². The molecule has 0 radical (unpaired) electrons. The molecule has 2 aromatic rings. The Balaban J connectivity index is 1.43. The molecule has 10 heteroatoms. The van der Waals surface area contributed by atoms with Crippen LogP contribution in [0.25, 0.3) is 0 Å². The lowest BCUT2D eigenvalue weighted by Crippen LogP contribution is -2.76. The van der Waals surface area contributed by atoms with Gasteiger partial charge in [-0.05, 0) is 25.0 Å². The maximum absolute atomic E-state index is 13.8. The second-order valence-electron chi connectivity index (χ2n) is 8.88. The molecular weight excluding hydrogens is 467 g/mol. The molecule has 1 aliphatic carbocycles. The summed E-state index contributed by atoms with van der Waals surface area (Å²) in [4.78, 5) is 24.6. The molecule has 4 heterocycles. The number of nitrogens with one attached hydrogen (secondary N) is 1. The van der Waals surface area contributed by atoms with Crippen molar-refractivity contribution in [3.05, 3.63) is 62.5 Å². The molecule has 0 amide bonds. The zero-order valence-electron chi connectivity index (χ0n) is 17.9. The number of nitrogens with zero attached hydrogens (tertiary/aromatic N) is 3. The minimum absolute atomic E-state index is 0.205. The third kappa shape index (κ3) is 3.17. The topological polar surface area (TPSA) is 76.0 Å². The number of carbonyl (C=O) groups excluding carboxylic acids is 1. The lowest BCUT2D eigenvalue weighted by Gasteiger charge is -2.67. The largest absolute Gasteiger partial charge is 0.466 e. The van der Waals surface area contributed by atoms with E-state index >= 15 is 0 Å². The molecule has 4 atom stereocenters. The molecule has 6 rings (SSSR count). The third-order valence-corrected chi connectivity index (χ3v) is 8.53. The van der Waals surface area contributed by atoms with E-state index in [1.54, 1.807) is 12.3 Å². The van der Waals surface area contributed by atoms with E-state index in [-0.39, 0.29) is 10.4 Å². The summed E-state index contributed by atoms with van der Waals surface area (Å²) in [5, 5.41) is 6.14. The first-order chi connectivity index (χ1) is 16.0. The van der Waals surface area contributed by atoms with Crippen LogP contribution in [0.3, 0.4) is 0 Å². The number of rotatable bonds is 5. The van der Waals surface area contributed by atoms with Crippen molar-refractivity contribution in [3.63, 3.8) is 0 Å². The first-order valence-corrected chi connectivity index (χ1v) is 12.1. The first-order valence-electron chi connectivity index (χ1n) is 10.9. The van der Waals surface area contributed by atoms with Gasteiger partial charge >= 0.3 is 5.97 Å². The maximum Gasteiger partial charge on any atom is 0.338 e. The number of hydrogen-bond acceptors (Lipinski definition) is 8. The average molecular weight is 489 g/mol. The van der Waals surface area contributed by atoms with Gasteiger partial charge in [-0.25, -0.2) is 14.2 Å². The standard InChI is InChI=1S/C23H22ClFN4O3S/c1-31-22(30)18-15(9-29-16-4-5-23(16)11-32-10-17(23)29)27-20(21-26-6-7-33-21)28-19(18)13-3-2-12(25)8-14(13)24/h2-3,6-8,16-17,19H,4-5,9-11H2,1H3,(H,27,28)/t16?,17?,19-,23?/m0/s1. The number of benzene rings is 1. The minimum Gasteiger partial charge on any atom is -0.466 e. The van der Waals surface area contributed by atoms with E-state index in [4.69, 9.17) is 26.1 Å². The molecule has 7 nitrogen and oxygen atoms in total. The Hall–Kier alpha value is -2.33. The van der Waals surface area contributed by atoms with E-state index < -0.39 is 17.8 Å². The number of piperidine rings is 1. The molecule has 3 fully saturated rings. The molecular formula is C23H22ClFN4O3S. The molecule has 172 valence electrons. The molecule has 3 unspecified atom stereocenters. The molecule has 4 aliphatic rings. The Kier molecular flexibility index (Phi) is 5.06. The number of carbonyl (C=O) groups is 1. The van der Waals surface area contributed by atoms with Gasteiger partial charge in [0.2, 0.25) is 0 Å². The van der Waals surface area contributed by atoms with Crippen LogP contribution in [0.2, 0.25) is 5.02 Å². The fourth-order valence-corrected chi connectivity index (χ4v) is 6.61. The van der Waals surface area contributed by atoms with Gasteiger partial charge in [0.1, 0.15) is 11.9 Å². The molecule has 33 heavy (non-hydrogen) atoms. The summed E-state index contributed by atoms with van der Waals surface area (Å²) in [5.74, 6) is -0.386. The van der Waals surface area contributed by atoms with Crippen molar-refractivity contribution in [1.82, 2.24) is 15.2 Å². The monoisotopic (exact) mass is 488 g/mol. The second-order valence-corrected chi connectivity index (χ2v) is 10.2. The second kappa shape index (κ2) is 7.87. The number of amidine groups is 1. The van der Waals surface area contributed by atoms with E-state index in [9.17, 15) is 9.18 Å². The van der Waals surface area contributed by atoms with Crippen LogP contribution in [0.15, 0.2) is 46.0 Å². The van der Waals surface area contributed by atoms with Crippen molar-refractivity contribution in [2.45, 2.75) is 31.0 Å². The predicted octanol–water partition coefficient (Wildman–Crippen LogP) is 3.32. The van der Waals surface area contributed by atoms with Gasteiger partial charge in [-0.3, -0.25) is 9.89 Å². The molecule has 1 N–H and O–H groups in total. The van der Waals surface area contributed by atoms with E-state index in [0.717, 1.165) is 13.0 Å². The quantitative estimate of drug-likeness (QED) is 0.651. The highest BCUT2D eigenvalue weighted by molar-refractivity contribution is 7.11. The van der Waals surface area contributed by atoms with Crippen LogP contribution in [0, 0.1) is 11.2 Å². The number of aromatic nitrogens is 1. The van der Waals surface area contributed by atoms with Crippen LogP contribution in [-0.2, 0) is 14.3 Å². The van der Waals surface area contributed by atoms with Crippen LogP contribution in [-0.4, -0.2) is 60.6 Å². The SMILES string of the molecule is COC(=O)C1=C(CN2C3CCC34COCC24)NC(c2nccs2)=N[C@H]1c1ccc(F)cc1Cl. The van der Waals surface area contributed by atoms with Gasteiger partial charge in [-0.2, -0.15) is 0 Å². The Morgan fingerprint density at radius 2 is 2.33 bits per heavy atom. The van der Waals surface area contributed by atoms with Gasteiger partial charge in [0, 0.05) is 51.9 Å². The van der Waals surface area contributed by atoms with Crippen molar-refractivity contribution in [2.75, 3.05) is 26.9 Å². The normalized spacial score (nSPS) is 30.5. The van der Waals surface area contributed by atoms with Crippen molar-refractivity contribution in [1.29, 1.82) is 0 Å². The average Bonchev–Trinajstić information content (AvgIpc) is 3.47. The number of aliphatic imine (C=N–C) groups is 1. The van der Waals surface area contributed by atoms with Crippen LogP contribution in [0.4, 0.5) is 4.39 Å². The number of ether oxygens (including phenoxy) is 2. The van der Waals surface area contributed by atoms with Gasteiger partial charge in [-0.15, -0.1) is 11.3 Å². The molecule has 0 bridgehead atoms. The summed E-state index contributed by atoms with van der Waals surface area (Å²) >= 11 is 7.87. The Labute approximate surface area is 199 Å². The fraction of sp³-hybridized carbons (Fsp3) is 0.435. The molecule has 1 spiro atoms. The highest BCUT2D eigenvalue weighted by Gasteiger charge is 2.68. The third-order valence-electron chi connectivity index (χ3n) is 7.42. The number of halogens is 2. The van der Waals surface area contributed by atoms with Crippen molar-refractivity contribution in [3.8, 4) is 0 Å². The highest BCUT2D eigenvalue weighted by atomic mass is 35.5. The molecule has 1 aromatic heterocycles. The number of likely N-dealkylation sites (tertiary alicyclic amines) is 1. The van der Waals surface area contributed by atoms with Gasteiger partial charge in [0.15, 0.2) is 10.8 Å². The van der Waals surface area contributed by atoms with Crippen LogP contribution in [0.1, 0.15) is 29.5 Å². The minimum atomic E-state index is -0.743. The van der Waals surface area contributed by atoms with Gasteiger partial charge < -0.3 is 14.8 Å². The van der Waals surface area contributed by atoms with E-state index in [1.807, 2.05) is 5.38 Å². The number of methoxy groups -OCH3 is 1. The van der Waals surface area contributed by atoms with Gasteiger partial charge in [0.05, 0.1) is 25.9 Å². The summed E-state index contributed by atoms with van der Waals surface area (Å²) < 4.78 is 24.8. The maximum atomic E-state index is 13.8.